The molecular weight excluding hydrogens is 256 g/mol. The van der Waals surface area contributed by atoms with Gasteiger partial charge in [0.1, 0.15) is 0 Å². The monoisotopic (exact) mass is 295 g/mol. The van der Waals surface area contributed by atoms with Gasteiger partial charge in [-0.05, 0) is 12.8 Å². The molecule has 0 aliphatic heterocycles. The van der Waals surface area contributed by atoms with Gasteiger partial charge in [0.25, 0.3) is 0 Å². The van der Waals surface area contributed by atoms with Gasteiger partial charge in [0, 0.05) is 0 Å². The van der Waals surface area contributed by atoms with E-state index in [-0.39, 0.29) is 0 Å². The molecule has 0 bridgehead atoms. The zero-order valence-electron chi connectivity index (χ0n) is 14.6. The van der Waals surface area contributed by atoms with Crippen LogP contribution in [0.3, 0.4) is 0 Å². The van der Waals surface area contributed by atoms with E-state index in [9.17, 15) is 0 Å². The Morgan fingerprint density at radius 1 is 0.619 bits per heavy atom. The SMILES string of the molecule is [CH2]OCC=CCCCCCCCCCCCCCCCC. The van der Waals surface area contributed by atoms with Crippen molar-refractivity contribution in [1.29, 1.82) is 0 Å². The van der Waals surface area contributed by atoms with E-state index < -0.39 is 0 Å². The molecule has 0 unspecified atom stereocenters. The summed E-state index contributed by atoms with van der Waals surface area (Å²) < 4.78 is 4.73. The highest BCUT2D eigenvalue weighted by molar-refractivity contribution is 4.81. The summed E-state index contributed by atoms with van der Waals surface area (Å²) >= 11 is 0. The molecule has 0 aromatic rings. The van der Waals surface area contributed by atoms with Crippen LogP contribution in [0.2, 0.25) is 0 Å². The maximum atomic E-state index is 4.73. The quantitative estimate of drug-likeness (QED) is 0.203. The number of rotatable bonds is 17. The van der Waals surface area contributed by atoms with Crippen LogP contribution >= 0.6 is 0 Å². The van der Waals surface area contributed by atoms with Gasteiger partial charge in [-0.1, -0.05) is 103 Å². The van der Waals surface area contributed by atoms with Crippen LogP contribution in [-0.2, 0) is 4.74 Å². The van der Waals surface area contributed by atoms with E-state index in [0.29, 0.717) is 6.61 Å². The molecule has 0 aromatic heterocycles. The van der Waals surface area contributed by atoms with Gasteiger partial charge in [-0.25, -0.2) is 0 Å². The summed E-state index contributed by atoms with van der Waals surface area (Å²) in [6.07, 6.45) is 25.5. The minimum atomic E-state index is 0.651. The molecule has 0 N–H and O–H groups in total. The lowest BCUT2D eigenvalue weighted by Gasteiger charge is -2.02. The van der Waals surface area contributed by atoms with Gasteiger partial charge in [0.2, 0.25) is 0 Å². The van der Waals surface area contributed by atoms with E-state index >= 15 is 0 Å². The van der Waals surface area contributed by atoms with Crippen molar-refractivity contribution in [2.75, 3.05) is 6.61 Å². The molecule has 0 aliphatic carbocycles. The first-order valence-electron chi connectivity index (χ1n) is 9.43. The molecule has 0 atom stereocenters. The molecule has 21 heavy (non-hydrogen) atoms. The Labute approximate surface area is 134 Å². The van der Waals surface area contributed by atoms with Crippen molar-refractivity contribution in [2.24, 2.45) is 0 Å². The van der Waals surface area contributed by atoms with Gasteiger partial charge < -0.3 is 4.74 Å². The van der Waals surface area contributed by atoms with Crippen molar-refractivity contribution >= 4 is 0 Å². The second kappa shape index (κ2) is 19.7. The molecule has 1 heteroatoms. The maximum absolute atomic E-state index is 4.73. The number of ether oxygens (including phenoxy) is 1. The Hall–Kier alpha value is -0.300. The summed E-state index contributed by atoms with van der Waals surface area (Å²) in [5.41, 5.74) is 0. The Balaban J connectivity index is 2.96. The fourth-order valence-corrected chi connectivity index (χ4v) is 2.71. The van der Waals surface area contributed by atoms with Crippen molar-refractivity contribution in [3.8, 4) is 0 Å². The van der Waals surface area contributed by atoms with Crippen LogP contribution in [0.25, 0.3) is 0 Å². The third kappa shape index (κ3) is 19.7. The molecule has 0 saturated heterocycles. The van der Waals surface area contributed by atoms with Crippen molar-refractivity contribution < 1.29 is 4.74 Å². The average Bonchev–Trinajstić information content (AvgIpc) is 2.50. The molecule has 0 aromatic carbocycles. The second-order valence-electron chi connectivity index (χ2n) is 6.23. The molecule has 0 fully saturated rings. The first kappa shape index (κ1) is 20.7. The van der Waals surface area contributed by atoms with Gasteiger partial charge in [-0.3, -0.25) is 0 Å². The summed E-state index contributed by atoms with van der Waals surface area (Å²) in [6.45, 7) is 2.94. The summed E-state index contributed by atoms with van der Waals surface area (Å²) in [7, 11) is 3.35. The minimum Gasteiger partial charge on any atom is -0.375 e. The van der Waals surface area contributed by atoms with Crippen molar-refractivity contribution in [3.05, 3.63) is 19.3 Å². The largest absolute Gasteiger partial charge is 0.375 e. The summed E-state index contributed by atoms with van der Waals surface area (Å²) in [4.78, 5) is 0. The van der Waals surface area contributed by atoms with Gasteiger partial charge in [-0.2, -0.15) is 0 Å². The summed E-state index contributed by atoms with van der Waals surface area (Å²) in [5.74, 6) is 0. The second-order valence-corrected chi connectivity index (χ2v) is 6.23. The molecule has 0 heterocycles. The molecule has 0 rings (SSSR count). The Morgan fingerprint density at radius 2 is 1.05 bits per heavy atom. The van der Waals surface area contributed by atoms with Crippen LogP contribution in [0, 0.1) is 7.11 Å². The van der Waals surface area contributed by atoms with E-state index in [1.165, 1.54) is 96.3 Å². The standard InChI is InChI=1S/C20H39O/c1-3-4-5-6-7-8-9-10-11-12-13-14-15-16-17-18-19-20-21-2/h18-19H,2-17,20H2,1H3. The highest BCUT2D eigenvalue weighted by atomic mass is 16.5. The van der Waals surface area contributed by atoms with Crippen LogP contribution in [0.4, 0.5) is 0 Å². The van der Waals surface area contributed by atoms with Crippen molar-refractivity contribution in [2.45, 2.75) is 103 Å². The van der Waals surface area contributed by atoms with Gasteiger partial charge in [0.05, 0.1) is 13.7 Å². The van der Waals surface area contributed by atoms with Crippen LogP contribution in [0.5, 0.6) is 0 Å². The Kier molecular flexibility index (Phi) is 19.4. The smallest absolute Gasteiger partial charge is 0.0704 e. The van der Waals surface area contributed by atoms with E-state index in [2.05, 4.69) is 26.2 Å². The third-order valence-electron chi connectivity index (χ3n) is 4.11. The number of hydrogen-bond acceptors (Lipinski definition) is 1. The highest BCUT2D eigenvalue weighted by Gasteiger charge is 1.93. The topological polar surface area (TPSA) is 9.23 Å². The van der Waals surface area contributed by atoms with Crippen molar-refractivity contribution in [3.63, 3.8) is 0 Å². The predicted octanol–water partition coefficient (Wildman–Crippen LogP) is 7.22. The molecule has 1 nitrogen and oxygen atoms in total. The number of hydrogen-bond donors (Lipinski definition) is 0. The van der Waals surface area contributed by atoms with E-state index in [0.717, 1.165) is 0 Å². The lowest BCUT2D eigenvalue weighted by atomic mass is 10.0. The highest BCUT2D eigenvalue weighted by Crippen LogP contribution is 2.13. The van der Waals surface area contributed by atoms with Crippen LogP contribution in [0.15, 0.2) is 12.2 Å². The first-order valence-corrected chi connectivity index (χ1v) is 9.43. The maximum Gasteiger partial charge on any atom is 0.0704 e. The third-order valence-corrected chi connectivity index (χ3v) is 4.11. The average molecular weight is 296 g/mol. The zero-order valence-corrected chi connectivity index (χ0v) is 14.6. The van der Waals surface area contributed by atoms with E-state index in [4.69, 9.17) is 4.74 Å². The normalized spacial score (nSPS) is 11.5. The molecule has 125 valence electrons. The summed E-state index contributed by atoms with van der Waals surface area (Å²) in [6, 6.07) is 0. The summed E-state index contributed by atoms with van der Waals surface area (Å²) in [5, 5.41) is 0. The number of unbranched alkanes of at least 4 members (excludes halogenated alkanes) is 14. The fourth-order valence-electron chi connectivity index (χ4n) is 2.71. The van der Waals surface area contributed by atoms with Crippen LogP contribution in [0.1, 0.15) is 103 Å². The molecule has 1 radical (unpaired) electrons. The van der Waals surface area contributed by atoms with E-state index in [1.54, 1.807) is 0 Å². The minimum absolute atomic E-state index is 0.651. The molecule has 0 spiro atoms. The van der Waals surface area contributed by atoms with Crippen LogP contribution in [-0.4, -0.2) is 6.61 Å². The number of allylic oxidation sites excluding steroid dienone is 1. The van der Waals surface area contributed by atoms with Gasteiger partial charge in [-0.15, -0.1) is 0 Å². The fraction of sp³-hybridized carbons (Fsp3) is 0.850. The van der Waals surface area contributed by atoms with Gasteiger partial charge >= 0.3 is 0 Å². The zero-order chi connectivity index (χ0) is 15.4. The predicted molar refractivity (Wildman–Crippen MR) is 95.4 cm³/mol. The molecule has 0 aliphatic rings. The first-order chi connectivity index (χ1) is 10.4. The molecule has 0 amide bonds. The lowest BCUT2D eigenvalue weighted by molar-refractivity contribution is 0.281. The van der Waals surface area contributed by atoms with Crippen molar-refractivity contribution in [1.82, 2.24) is 0 Å². The van der Waals surface area contributed by atoms with Crippen LogP contribution < -0.4 is 0 Å². The molecule has 0 saturated carbocycles. The molecular formula is C20H39O. The van der Waals surface area contributed by atoms with Gasteiger partial charge in [0.15, 0.2) is 0 Å². The van der Waals surface area contributed by atoms with E-state index in [1.807, 2.05) is 0 Å². The Morgan fingerprint density at radius 3 is 1.48 bits per heavy atom. The lowest BCUT2D eigenvalue weighted by Crippen LogP contribution is -1.83. The Bertz CT molecular complexity index is 198.